The molecule has 0 aliphatic heterocycles. The summed E-state index contributed by atoms with van der Waals surface area (Å²) in [5.74, 6) is 0.515. The second kappa shape index (κ2) is 10.3. The fourth-order valence-electron chi connectivity index (χ4n) is 2.59. The van der Waals surface area contributed by atoms with Gasteiger partial charge in [-0.2, -0.15) is 0 Å². The topological polar surface area (TPSA) is 52.1 Å². The number of halogens is 1. The first-order valence-corrected chi connectivity index (χ1v) is 9.75. The predicted molar refractivity (Wildman–Crippen MR) is 105 cm³/mol. The molecule has 5 heteroatoms. The zero-order valence-electron chi connectivity index (χ0n) is 15.7. The van der Waals surface area contributed by atoms with E-state index in [9.17, 15) is 4.79 Å². The molecule has 4 nitrogen and oxygen atoms in total. The minimum atomic E-state index is -0.343. The summed E-state index contributed by atoms with van der Waals surface area (Å²) >= 11 is 6.12. The van der Waals surface area contributed by atoms with Gasteiger partial charge in [0.2, 0.25) is 0 Å². The van der Waals surface area contributed by atoms with Crippen molar-refractivity contribution in [3.05, 3.63) is 42.2 Å². The largest absolute Gasteiger partial charge is 0.426 e. The average molecular weight is 375 g/mol. The van der Waals surface area contributed by atoms with Crippen molar-refractivity contribution in [1.82, 2.24) is 9.97 Å². The number of nitrogens with zero attached hydrogens (tertiary/aromatic N) is 2. The molecular formula is C21H27ClN2O2. The van der Waals surface area contributed by atoms with Crippen LogP contribution in [0, 0.1) is 5.92 Å². The van der Waals surface area contributed by atoms with Crippen LogP contribution < -0.4 is 4.74 Å². The summed E-state index contributed by atoms with van der Waals surface area (Å²) in [5, 5.41) is -0.217. The smallest absolute Gasteiger partial charge is 0.315 e. The highest BCUT2D eigenvalue weighted by molar-refractivity contribution is 6.21. The van der Waals surface area contributed by atoms with E-state index >= 15 is 0 Å². The van der Waals surface area contributed by atoms with Crippen LogP contribution in [0.15, 0.2) is 36.7 Å². The number of hydrogen-bond acceptors (Lipinski definition) is 4. The Morgan fingerprint density at radius 1 is 1.12 bits per heavy atom. The Morgan fingerprint density at radius 3 is 2.35 bits per heavy atom. The van der Waals surface area contributed by atoms with Gasteiger partial charge in [0.15, 0.2) is 5.82 Å². The van der Waals surface area contributed by atoms with Crippen LogP contribution in [0.1, 0.15) is 52.0 Å². The van der Waals surface area contributed by atoms with Crippen LogP contribution in [0.25, 0.3) is 11.4 Å². The van der Waals surface area contributed by atoms with Gasteiger partial charge in [-0.15, -0.1) is 11.6 Å². The molecule has 0 aliphatic carbocycles. The Kier molecular flexibility index (Phi) is 8.05. The van der Waals surface area contributed by atoms with Gasteiger partial charge in [0.05, 0.1) is 5.92 Å². The summed E-state index contributed by atoms with van der Waals surface area (Å²) in [5.41, 5.74) is 2.05. The van der Waals surface area contributed by atoms with Gasteiger partial charge < -0.3 is 4.74 Å². The van der Waals surface area contributed by atoms with Gasteiger partial charge in [-0.3, -0.25) is 4.79 Å². The number of carbonyl (C=O) groups is 1. The molecule has 1 aromatic carbocycles. The van der Waals surface area contributed by atoms with E-state index in [1.165, 1.54) is 19.3 Å². The van der Waals surface area contributed by atoms with Crippen LogP contribution in [-0.4, -0.2) is 21.3 Å². The number of hydrogen-bond donors (Lipinski definition) is 0. The average Bonchev–Trinajstić information content (AvgIpc) is 2.68. The molecule has 2 unspecified atom stereocenters. The molecule has 0 amide bonds. The minimum absolute atomic E-state index is 0.217. The fraction of sp³-hybridized carbons (Fsp3) is 0.476. The van der Waals surface area contributed by atoms with Crippen LogP contribution >= 0.6 is 11.6 Å². The van der Waals surface area contributed by atoms with Crippen LogP contribution in [0.4, 0.5) is 0 Å². The lowest BCUT2D eigenvalue weighted by molar-refractivity contribution is -0.138. The third kappa shape index (κ3) is 5.80. The van der Waals surface area contributed by atoms with Gasteiger partial charge in [-0.25, -0.2) is 9.97 Å². The molecule has 2 atom stereocenters. The molecule has 0 N–H and O–H groups in total. The van der Waals surface area contributed by atoms with Gasteiger partial charge in [-0.1, -0.05) is 33.6 Å². The van der Waals surface area contributed by atoms with Crippen LogP contribution in [0.3, 0.4) is 0 Å². The molecule has 2 aromatic rings. The van der Waals surface area contributed by atoms with E-state index in [4.69, 9.17) is 16.3 Å². The number of aryl methyl sites for hydroxylation is 1. The maximum absolute atomic E-state index is 12.1. The molecule has 140 valence electrons. The van der Waals surface area contributed by atoms with Crippen molar-refractivity contribution in [3.8, 4) is 17.1 Å². The summed E-state index contributed by atoms with van der Waals surface area (Å²) in [4.78, 5) is 21.0. The molecule has 1 heterocycles. The van der Waals surface area contributed by atoms with Crippen molar-refractivity contribution in [2.75, 3.05) is 0 Å². The SMILES string of the molecule is CCCCCc1cnc(-c2ccc(OC(=O)C(C)C(Cl)CC)cc2)nc1. The first-order valence-electron chi connectivity index (χ1n) is 9.32. The lowest BCUT2D eigenvalue weighted by atomic mass is 10.1. The number of aromatic nitrogens is 2. The van der Waals surface area contributed by atoms with E-state index in [1.54, 1.807) is 19.1 Å². The summed E-state index contributed by atoms with van der Waals surface area (Å²) in [6, 6.07) is 7.23. The van der Waals surface area contributed by atoms with Crippen molar-refractivity contribution in [2.45, 2.75) is 58.3 Å². The van der Waals surface area contributed by atoms with Gasteiger partial charge in [-0.05, 0) is 49.1 Å². The highest BCUT2D eigenvalue weighted by Gasteiger charge is 2.22. The molecule has 0 bridgehead atoms. The Balaban J connectivity index is 1.97. The van der Waals surface area contributed by atoms with E-state index < -0.39 is 0 Å². The Hall–Kier alpha value is -1.94. The van der Waals surface area contributed by atoms with E-state index in [-0.39, 0.29) is 17.3 Å². The second-order valence-electron chi connectivity index (χ2n) is 6.53. The van der Waals surface area contributed by atoms with E-state index in [0.29, 0.717) is 11.6 Å². The first-order chi connectivity index (χ1) is 12.5. The zero-order valence-corrected chi connectivity index (χ0v) is 16.5. The quantitative estimate of drug-likeness (QED) is 0.254. The normalized spacial score (nSPS) is 13.2. The number of rotatable bonds is 9. The van der Waals surface area contributed by atoms with Gasteiger partial charge in [0.1, 0.15) is 5.75 Å². The Bertz CT molecular complexity index is 686. The molecule has 0 aliphatic rings. The number of unbranched alkanes of at least 4 members (excludes halogenated alkanes) is 2. The highest BCUT2D eigenvalue weighted by Crippen LogP contribution is 2.22. The molecular weight excluding hydrogens is 348 g/mol. The molecule has 1 aromatic heterocycles. The Morgan fingerprint density at radius 2 is 1.77 bits per heavy atom. The molecule has 0 fully saturated rings. The number of esters is 1. The summed E-state index contributed by atoms with van der Waals surface area (Å²) in [6.07, 6.45) is 9.11. The van der Waals surface area contributed by atoms with Crippen LogP contribution in [-0.2, 0) is 11.2 Å². The summed E-state index contributed by atoms with van der Waals surface area (Å²) in [7, 11) is 0. The summed E-state index contributed by atoms with van der Waals surface area (Å²) in [6.45, 7) is 5.93. The van der Waals surface area contributed by atoms with Crippen molar-refractivity contribution in [3.63, 3.8) is 0 Å². The van der Waals surface area contributed by atoms with Crippen molar-refractivity contribution < 1.29 is 9.53 Å². The van der Waals surface area contributed by atoms with E-state index in [0.717, 1.165) is 24.0 Å². The molecule has 0 saturated heterocycles. The molecule has 2 rings (SSSR count). The van der Waals surface area contributed by atoms with Crippen LogP contribution in [0.2, 0.25) is 0 Å². The highest BCUT2D eigenvalue weighted by atomic mass is 35.5. The monoisotopic (exact) mass is 374 g/mol. The second-order valence-corrected chi connectivity index (χ2v) is 7.09. The maximum Gasteiger partial charge on any atom is 0.315 e. The molecule has 26 heavy (non-hydrogen) atoms. The van der Waals surface area contributed by atoms with Crippen molar-refractivity contribution in [1.29, 1.82) is 0 Å². The third-order valence-corrected chi connectivity index (χ3v) is 5.10. The first kappa shape index (κ1) is 20.4. The minimum Gasteiger partial charge on any atom is -0.426 e. The third-order valence-electron chi connectivity index (χ3n) is 4.41. The van der Waals surface area contributed by atoms with E-state index in [2.05, 4.69) is 16.9 Å². The van der Waals surface area contributed by atoms with Gasteiger partial charge in [0, 0.05) is 23.3 Å². The zero-order chi connectivity index (χ0) is 18.9. The van der Waals surface area contributed by atoms with Crippen LogP contribution in [0.5, 0.6) is 5.75 Å². The number of benzene rings is 1. The standard InChI is InChI=1S/C21H27ClN2O2/c1-4-6-7-8-16-13-23-20(24-14-16)17-9-11-18(12-10-17)26-21(25)15(3)19(22)5-2/h9-15,19H,4-8H2,1-3H3. The molecule has 0 spiro atoms. The fourth-order valence-corrected chi connectivity index (χ4v) is 2.70. The van der Waals surface area contributed by atoms with Crippen molar-refractivity contribution in [2.24, 2.45) is 5.92 Å². The van der Waals surface area contributed by atoms with Crippen molar-refractivity contribution >= 4 is 17.6 Å². The van der Waals surface area contributed by atoms with Gasteiger partial charge >= 0.3 is 5.97 Å². The van der Waals surface area contributed by atoms with E-state index in [1.807, 2.05) is 31.5 Å². The molecule has 0 saturated carbocycles. The lowest BCUT2D eigenvalue weighted by Crippen LogP contribution is -2.25. The summed E-state index contributed by atoms with van der Waals surface area (Å²) < 4.78 is 5.40. The maximum atomic E-state index is 12.1. The molecule has 0 radical (unpaired) electrons. The number of ether oxygens (including phenoxy) is 1. The predicted octanol–water partition coefficient (Wildman–Crippen LogP) is 5.44. The van der Waals surface area contributed by atoms with Gasteiger partial charge in [0.25, 0.3) is 0 Å². The number of carbonyl (C=O) groups excluding carboxylic acids is 1. The Labute approximate surface area is 161 Å². The number of alkyl halides is 1. The lowest BCUT2D eigenvalue weighted by Gasteiger charge is -2.15.